The number of hydrogen-bond donors (Lipinski definition) is 0. The number of hydrogen-bond acceptors (Lipinski definition) is 6. The second-order valence-electron chi connectivity index (χ2n) is 6.22. The van der Waals surface area contributed by atoms with Crippen LogP contribution in [0.4, 0.5) is 11.4 Å². The van der Waals surface area contributed by atoms with Crippen molar-refractivity contribution in [2.24, 2.45) is 9.98 Å². The van der Waals surface area contributed by atoms with Crippen molar-refractivity contribution in [2.45, 2.75) is 13.8 Å². The van der Waals surface area contributed by atoms with E-state index in [1.165, 1.54) is 9.75 Å². The van der Waals surface area contributed by atoms with Gasteiger partial charge in [0.1, 0.15) is 0 Å². The molecule has 0 fully saturated rings. The number of thiophene rings is 2. The van der Waals surface area contributed by atoms with E-state index in [-0.39, 0.29) is 0 Å². The lowest BCUT2D eigenvalue weighted by Crippen LogP contribution is -1.86. The molecule has 0 radical (unpaired) electrons. The second kappa shape index (κ2) is 8.37. The van der Waals surface area contributed by atoms with Crippen LogP contribution in [-0.4, -0.2) is 22.4 Å². The summed E-state index contributed by atoms with van der Waals surface area (Å²) in [5, 5.41) is 0. The molecule has 0 amide bonds. The van der Waals surface area contributed by atoms with Crippen LogP contribution in [0.3, 0.4) is 0 Å². The first-order chi connectivity index (χ1) is 13.7. The van der Waals surface area contributed by atoms with Crippen molar-refractivity contribution in [3.8, 4) is 11.4 Å². The molecular formula is C22H18N4S2. The summed E-state index contributed by atoms with van der Waals surface area (Å²) in [5.74, 6) is 0. The summed E-state index contributed by atoms with van der Waals surface area (Å²) in [5.41, 5.74) is 3.27. The van der Waals surface area contributed by atoms with Gasteiger partial charge in [-0.3, -0.25) is 20.0 Å². The second-order valence-corrected chi connectivity index (χ2v) is 8.86. The minimum Gasteiger partial charge on any atom is -0.254 e. The number of aromatic nitrogens is 2. The molecule has 4 nitrogen and oxygen atoms in total. The van der Waals surface area contributed by atoms with Gasteiger partial charge in [0.05, 0.1) is 35.2 Å². The van der Waals surface area contributed by atoms with Crippen molar-refractivity contribution >= 4 is 46.5 Å². The molecule has 0 unspecified atom stereocenters. The average molecular weight is 403 g/mol. The maximum atomic E-state index is 4.48. The van der Waals surface area contributed by atoms with Gasteiger partial charge >= 0.3 is 0 Å². The third kappa shape index (κ3) is 4.65. The molecule has 4 rings (SSSR count). The van der Waals surface area contributed by atoms with Crippen molar-refractivity contribution in [1.29, 1.82) is 0 Å². The van der Waals surface area contributed by atoms with Crippen LogP contribution >= 0.6 is 22.7 Å². The average Bonchev–Trinajstić information content (AvgIpc) is 3.33. The van der Waals surface area contributed by atoms with E-state index < -0.39 is 0 Å². The van der Waals surface area contributed by atoms with E-state index in [4.69, 9.17) is 0 Å². The standard InChI is InChI=1S/C22H18N4S2/c1-15-3-7-19(27-15)13-23-17-5-9-21(25-11-17)22-10-6-18(12-26-22)24-14-20-8-4-16(2)28-20/h3-14H,1-2H3. The molecule has 6 heteroatoms. The number of aliphatic imine (C=N–C) groups is 2. The van der Waals surface area contributed by atoms with Crippen LogP contribution in [0.1, 0.15) is 19.5 Å². The van der Waals surface area contributed by atoms with Gasteiger partial charge in [0.2, 0.25) is 0 Å². The van der Waals surface area contributed by atoms with E-state index >= 15 is 0 Å². The fraction of sp³-hybridized carbons (Fsp3) is 0.0909. The number of nitrogens with zero attached hydrogens (tertiary/aromatic N) is 4. The van der Waals surface area contributed by atoms with Gasteiger partial charge in [0.25, 0.3) is 0 Å². The number of pyridine rings is 2. The molecule has 0 aliphatic heterocycles. The molecule has 0 saturated heterocycles. The lowest BCUT2D eigenvalue weighted by Gasteiger charge is -2.01. The maximum absolute atomic E-state index is 4.48. The Hall–Kier alpha value is -2.96. The molecule has 0 spiro atoms. The molecule has 0 aromatic carbocycles. The van der Waals surface area contributed by atoms with Crippen molar-refractivity contribution < 1.29 is 0 Å². The van der Waals surface area contributed by atoms with E-state index in [2.05, 4.69) is 58.1 Å². The Kier molecular flexibility index (Phi) is 5.50. The largest absolute Gasteiger partial charge is 0.254 e. The van der Waals surface area contributed by atoms with Gasteiger partial charge in [-0.1, -0.05) is 0 Å². The van der Waals surface area contributed by atoms with E-state index in [0.29, 0.717) is 0 Å². The van der Waals surface area contributed by atoms with Gasteiger partial charge < -0.3 is 0 Å². The molecule has 4 heterocycles. The first-order valence-corrected chi connectivity index (χ1v) is 10.4. The Morgan fingerprint density at radius 3 is 1.43 bits per heavy atom. The predicted molar refractivity (Wildman–Crippen MR) is 120 cm³/mol. The van der Waals surface area contributed by atoms with Gasteiger partial charge in [-0.05, 0) is 62.4 Å². The molecule has 0 saturated carbocycles. The Morgan fingerprint density at radius 2 is 1.11 bits per heavy atom. The maximum Gasteiger partial charge on any atom is 0.0887 e. The molecule has 0 bridgehead atoms. The molecule has 4 aromatic heterocycles. The molecule has 28 heavy (non-hydrogen) atoms. The monoisotopic (exact) mass is 402 g/mol. The van der Waals surface area contributed by atoms with E-state index in [1.807, 2.05) is 36.7 Å². The van der Waals surface area contributed by atoms with Crippen molar-refractivity contribution in [2.75, 3.05) is 0 Å². The van der Waals surface area contributed by atoms with Gasteiger partial charge in [0.15, 0.2) is 0 Å². The fourth-order valence-electron chi connectivity index (χ4n) is 2.55. The summed E-state index contributed by atoms with van der Waals surface area (Å²) >= 11 is 3.44. The summed E-state index contributed by atoms with van der Waals surface area (Å²) in [6.45, 7) is 4.18. The third-order valence-electron chi connectivity index (χ3n) is 3.96. The lowest BCUT2D eigenvalue weighted by molar-refractivity contribution is 1.23. The normalized spacial score (nSPS) is 11.6. The fourth-order valence-corrected chi connectivity index (χ4v) is 4.05. The van der Waals surface area contributed by atoms with Gasteiger partial charge in [-0.15, -0.1) is 22.7 Å². The summed E-state index contributed by atoms with van der Waals surface area (Å²) in [4.78, 5) is 22.7. The quantitative estimate of drug-likeness (QED) is 0.363. The Bertz CT molecular complexity index is 1030. The van der Waals surface area contributed by atoms with Crippen LogP contribution in [0, 0.1) is 13.8 Å². The molecule has 0 aliphatic rings. The van der Waals surface area contributed by atoms with Crippen LogP contribution in [0.2, 0.25) is 0 Å². The summed E-state index contributed by atoms with van der Waals surface area (Å²) in [6, 6.07) is 16.1. The zero-order valence-corrected chi connectivity index (χ0v) is 17.2. The van der Waals surface area contributed by atoms with Crippen LogP contribution < -0.4 is 0 Å². The minimum absolute atomic E-state index is 0.815. The van der Waals surface area contributed by atoms with Gasteiger partial charge in [-0.2, -0.15) is 0 Å². The number of aryl methyl sites for hydroxylation is 2. The van der Waals surface area contributed by atoms with Crippen LogP contribution in [0.25, 0.3) is 11.4 Å². The summed E-state index contributed by atoms with van der Waals surface area (Å²) in [7, 11) is 0. The number of rotatable bonds is 5. The SMILES string of the molecule is Cc1ccc(C=Nc2ccc(-c3ccc(N=Cc4ccc(C)s4)cn3)nc2)s1. The van der Waals surface area contributed by atoms with E-state index in [1.54, 1.807) is 35.1 Å². The van der Waals surface area contributed by atoms with Crippen LogP contribution in [-0.2, 0) is 0 Å². The predicted octanol–water partition coefficient (Wildman–Crippen LogP) is 6.38. The Labute approximate surface area is 172 Å². The smallest absolute Gasteiger partial charge is 0.0887 e. The lowest BCUT2D eigenvalue weighted by atomic mass is 10.2. The zero-order chi connectivity index (χ0) is 19.3. The molecule has 0 atom stereocenters. The first-order valence-electron chi connectivity index (χ1n) is 8.79. The highest BCUT2D eigenvalue weighted by Crippen LogP contribution is 2.21. The molecular weight excluding hydrogens is 384 g/mol. The summed E-state index contributed by atoms with van der Waals surface area (Å²) < 4.78 is 0. The highest BCUT2D eigenvalue weighted by atomic mass is 32.1. The Morgan fingerprint density at radius 1 is 0.643 bits per heavy atom. The zero-order valence-electron chi connectivity index (χ0n) is 15.5. The minimum atomic E-state index is 0.815. The highest BCUT2D eigenvalue weighted by molar-refractivity contribution is 7.13. The van der Waals surface area contributed by atoms with Crippen molar-refractivity contribution in [1.82, 2.24) is 9.97 Å². The van der Waals surface area contributed by atoms with Gasteiger partial charge in [0, 0.05) is 31.9 Å². The first kappa shape index (κ1) is 18.4. The molecule has 4 aromatic rings. The topological polar surface area (TPSA) is 50.5 Å². The molecule has 0 aliphatic carbocycles. The Balaban J connectivity index is 1.44. The molecule has 138 valence electrons. The molecule has 0 N–H and O–H groups in total. The van der Waals surface area contributed by atoms with Crippen molar-refractivity contribution in [3.63, 3.8) is 0 Å². The van der Waals surface area contributed by atoms with Crippen LogP contribution in [0.5, 0.6) is 0 Å². The third-order valence-corrected chi connectivity index (χ3v) is 5.83. The summed E-state index contributed by atoms with van der Waals surface area (Å²) in [6.07, 6.45) is 7.27. The van der Waals surface area contributed by atoms with E-state index in [9.17, 15) is 0 Å². The van der Waals surface area contributed by atoms with E-state index in [0.717, 1.165) is 32.5 Å². The highest BCUT2D eigenvalue weighted by Gasteiger charge is 2.02. The van der Waals surface area contributed by atoms with Gasteiger partial charge in [-0.25, -0.2) is 0 Å². The van der Waals surface area contributed by atoms with Crippen LogP contribution in [0.15, 0.2) is 70.9 Å². The van der Waals surface area contributed by atoms with Crippen molar-refractivity contribution in [3.05, 3.63) is 80.4 Å².